The first-order valence-corrected chi connectivity index (χ1v) is 8.71. The molecular formula is C18H26N6O. The van der Waals surface area contributed by atoms with E-state index >= 15 is 0 Å². The first-order chi connectivity index (χ1) is 12.1. The van der Waals surface area contributed by atoms with E-state index in [1.807, 2.05) is 20.0 Å². The highest BCUT2D eigenvalue weighted by atomic mass is 16.1. The number of aromatic nitrogens is 2. The number of nitrogens with zero attached hydrogens (tertiary/aromatic N) is 1. The number of imidazole rings is 1. The van der Waals surface area contributed by atoms with E-state index in [9.17, 15) is 4.79 Å². The molecule has 0 spiro atoms. The van der Waals surface area contributed by atoms with E-state index in [0.29, 0.717) is 18.8 Å². The third-order valence-electron chi connectivity index (χ3n) is 4.62. The summed E-state index contributed by atoms with van der Waals surface area (Å²) in [6, 6.07) is 5.86. The van der Waals surface area contributed by atoms with Crippen LogP contribution in [0.4, 0.5) is 11.4 Å². The molecule has 2 bridgehead atoms. The first-order valence-electron chi connectivity index (χ1n) is 8.71. The van der Waals surface area contributed by atoms with Gasteiger partial charge >= 0.3 is 0 Å². The molecule has 3 rings (SSSR count). The zero-order valence-electron chi connectivity index (χ0n) is 14.7. The van der Waals surface area contributed by atoms with Crippen LogP contribution in [0.25, 0.3) is 11.3 Å². The van der Waals surface area contributed by atoms with Crippen LogP contribution in [-0.2, 0) is 4.79 Å². The Morgan fingerprint density at radius 3 is 2.88 bits per heavy atom. The van der Waals surface area contributed by atoms with Gasteiger partial charge in [-0.15, -0.1) is 0 Å². The fourth-order valence-electron chi connectivity index (χ4n) is 3.02. The Morgan fingerprint density at radius 1 is 1.28 bits per heavy atom. The fraction of sp³-hybridized carbons (Fsp3) is 0.444. The second-order valence-corrected chi connectivity index (χ2v) is 6.53. The molecule has 25 heavy (non-hydrogen) atoms. The summed E-state index contributed by atoms with van der Waals surface area (Å²) in [7, 11) is 1.90. The number of aromatic amines is 1. The zero-order valence-corrected chi connectivity index (χ0v) is 14.7. The van der Waals surface area contributed by atoms with E-state index in [-0.39, 0.29) is 17.9 Å². The van der Waals surface area contributed by atoms with Crippen LogP contribution in [-0.4, -0.2) is 36.0 Å². The van der Waals surface area contributed by atoms with Crippen LogP contribution in [0, 0.1) is 5.92 Å². The molecule has 7 heteroatoms. The monoisotopic (exact) mass is 342 g/mol. The lowest BCUT2D eigenvalue weighted by molar-refractivity contribution is -0.122. The van der Waals surface area contributed by atoms with Crippen molar-refractivity contribution in [3.63, 3.8) is 0 Å². The van der Waals surface area contributed by atoms with E-state index in [4.69, 9.17) is 5.73 Å². The molecule has 1 amide bonds. The van der Waals surface area contributed by atoms with Crippen molar-refractivity contribution < 1.29 is 4.79 Å². The third kappa shape index (κ3) is 3.93. The van der Waals surface area contributed by atoms with Gasteiger partial charge in [0.15, 0.2) is 0 Å². The number of rotatable bonds is 1. The normalized spacial score (nSPS) is 21.5. The van der Waals surface area contributed by atoms with Crippen LogP contribution < -0.4 is 21.7 Å². The van der Waals surface area contributed by atoms with Crippen LogP contribution in [0.1, 0.15) is 31.6 Å². The molecule has 0 saturated heterocycles. The van der Waals surface area contributed by atoms with Crippen molar-refractivity contribution >= 4 is 17.3 Å². The molecule has 1 aromatic heterocycles. The van der Waals surface area contributed by atoms with Gasteiger partial charge in [0.2, 0.25) is 5.91 Å². The highest BCUT2D eigenvalue weighted by Crippen LogP contribution is 2.31. The summed E-state index contributed by atoms with van der Waals surface area (Å²) in [5.41, 5.74) is 10.3. The fourth-order valence-corrected chi connectivity index (χ4v) is 3.02. The Balaban J connectivity index is 1.97. The number of fused-ring (bicyclic) bond motifs is 4. The molecule has 0 aliphatic carbocycles. The summed E-state index contributed by atoms with van der Waals surface area (Å²) in [6.45, 7) is 3.40. The number of carbonyl (C=O) groups excluding carboxylic acids is 1. The third-order valence-corrected chi connectivity index (χ3v) is 4.62. The summed E-state index contributed by atoms with van der Waals surface area (Å²) in [5.74, 6) is 0.742. The minimum Gasteiger partial charge on any atom is -0.388 e. The van der Waals surface area contributed by atoms with Gasteiger partial charge in [-0.05, 0) is 30.5 Å². The summed E-state index contributed by atoms with van der Waals surface area (Å²) < 4.78 is 0. The van der Waals surface area contributed by atoms with Gasteiger partial charge in [0, 0.05) is 43.5 Å². The molecule has 6 N–H and O–H groups in total. The number of benzene rings is 1. The number of hydrogen-bond donors (Lipinski definition) is 5. The van der Waals surface area contributed by atoms with Gasteiger partial charge in [0.05, 0.1) is 17.9 Å². The molecular weight excluding hydrogens is 316 g/mol. The Morgan fingerprint density at radius 2 is 2.08 bits per heavy atom. The molecule has 0 saturated carbocycles. The van der Waals surface area contributed by atoms with Gasteiger partial charge in [0.25, 0.3) is 0 Å². The van der Waals surface area contributed by atoms with Crippen LogP contribution in [0.3, 0.4) is 0 Å². The minimum absolute atomic E-state index is 0.00574. The Bertz CT molecular complexity index is 741. The van der Waals surface area contributed by atoms with Gasteiger partial charge < -0.3 is 26.7 Å². The topological polar surface area (TPSA) is 108 Å². The van der Waals surface area contributed by atoms with E-state index in [2.05, 4.69) is 38.1 Å². The second kappa shape index (κ2) is 7.57. The van der Waals surface area contributed by atoms with Gasteiger partial charge in [-0.2, -0.15) is 0 Å². The van der Waals surface area contributed by atoms with E-state index in [0.717, 1.165) is 35.6 Å². The number of nitrogens with two attached hydrogens (primary N) is 1. The summed E-state index contributed by atoms with van der Waals surface area (Å²) in [6.07, 6.45) is 3.05. The van der Waals surface area contributed by atoms with Crippen LogP contribution >= 0.6 is 0 Å². The smallest absolute Gasteiger partial charge is 0.220 e. The van der Waals surface area contributed by atoms with Crippen LogP contribution in [0.15, 0.2) is 24.4 Å². The number of anilines is 2. The molecule has 134 valence electrons. The van der Waals surface area contributed by atoms with Crippen LogP contribution in [0.5, 0.6) is 0 Å². The maximum absolute atomic E-state index is 12.0. The number of carbonyl (C=O) groups is 1. The van der Waals surface area contributed by atoms with Crippen molar-refractivity contribution in [1.29, 1.82) is 0 Å². The van der Waals surface area contributed by atoms with Crippen molar-refractivity contribution in [2.45, 2.75) is 25.8 Å². The lowest BCUT2D eigenvalue weighted by Crippen LogP contribution is -2.30. The average Bonchev–Trinajstić information content (AvgIpc) is 3.09. The number of hydrogen-bond acceptors (Lipinski definition) is 5. The lowest BCUT2D eigenvalue weighted by atomic mass is 9.98. The van der Waals surface area contributed by atoms with Crippen molar-refractivity contribution in [3.05, 3.63) is 30.2 Å². The lowest BCUT2D eigenvalue weighted by Gasteiger charge is -2.18. The molecule has 2 heterocycles. The van der Waals surface area contributed by atoms with Crippen molar-refractivity contribution in [2.24, 2.45) is 11.7 Å². The molecule has 0 fully saturated rings. The molecule has 1 aromatic carbocycles. The molecule has 7 nitrogen and oxygen atoms in total. The Hall–Kier alpha value is -2.54. The molecule has 0 radical (unpaired) electrons. The van der Waals surface area contributed by atoms with E-state index in [1.54, 1.807) is 6.20 Å². The maximum Gasteiger partial charge on any atom is 0.220 e. The Kier molecular flexibility index (Phi) is 5.23. The molecule has 1 unspecified atom stereocenters. The van der Waals surface area contributed by atoms with Crippen molar-refractivity contribution in [2.75, 3.05) is 30.8 Å². The summed E-state index contributed by atoms with van der Waals surface area (Å²) in [5, 5.41) is 9.57. The van der Waals surface area contributed by atoms with Crippen LogP contribution in [0.2, 0.25) is 0 Å². The summed E-state index contributed by atoms with van der Waals surface area (Å²) in [4.78, 5) is 19.8. The van der Waals surface area contributed by atoms with Crippen molar-refractivity contribution in [1.82, 2.24) is 15.3 Å². The molecule has 1 aliphatic heterocycles. The van der Waals surface area contributed by atoms with E-state index < -0.39 is 0 Å². The number of amides is 1. The second-order valence-electron chi connectivity index (χ2n) is 6.53. The standard InChI is InChI=1S/C18H26N6O/c1-11-8-16(25)22-7-3-6-21-14-9-12(20-2)4-5-13(14)15-10-23-18(24-15)17(11)19/h4-5,9-11,17,20-21H,3,6-8,19H2,1-2H3,(H,22,25)(H,23,24)/t11-,17?/m0/s1. The first kappa shape index (κ1) is 17.3. The quantitative estimate of drug-likeness (QED) is 0.545. The number of H-pyrrole nitrogens is 1. The minimum atomic E-state index is -0.310. The maximum atomic E-state index is 12.0. The summed E-state index contributed by atoms with van der Waals surface area (Å²) >= 11 is 0. The SMILES string of the molecule is CNc1ccc2c(c1)NCCCNC(=O)C[C@H](C)C(N)c1ncc-2[nH]1. The molecule has 2 aromatic rings. The average molecular weight is 342 g/mol. The predicted octanol–water partition coefficient (Wildman–Crippen LogP) is 2.08. The van der Waals surface area contributed by atoms with Crippen molar-refractivity contribution in [3.8, 4) is 11.3 Å². The molecule has 2 atom stereocenters. The largest absolute Gasteiger partial charge is 0.388 e. The van der Waals surface area contributed by atoms with Gasteiger partial charge in [-0.3, -0.25) is 4.79 Å². The highest BCUT2D eigenvalue weighted by Gasteiger charge is 2.21. The molecule has 1 aliphatic rings. The Labute approximate surface area is 147 Å². The van der Waals surface area contributed by atoms with Gasteiger partial charge in [-0.1, -0.05) is 6.92 Å². The highest BCUT2D eigenvalue weighted by molar-refractivity contribution is 5.79. The number of nitrogens with one attached hydrogen (secondary N) is 4. The van der Waals surface area contributed by atoms with Gasteiger partial charge in [-0.25, -0.2) is 4.98 Å². The van der Waals surface area contributed by atoms with Gasteiger partial charge in [0.1, 0.15) is 5.82 Å². The predicted molar refractivity (Wildman–Crippen MR) is 100 cm³/mol. The zero-order chi connectivity index (χ0) is 17.8. The van der Waals surface area contributed by atoms with E-state index in [1.165, 1.54) is 0 Å².